The molecule has 0 N–H and O–H groups in total. The minimum Gasteiger partial charge on any atom is -0.748 e. The van der Waals surface area contributed by atoms with Crippen molar-refractivity contribution in [2.75, 3.05) is 19.3 Å². The van der Waals surface area contributed by atoms with Gasteiger partial charge in [0, 0.05) is 19.3 Å². The van der Waals surface area contributed by atoms with Crippen molar-refractivity contribution in [3.63, 3.8) is 0 Å². The second kappa shape index (κ2) is 19.1. The van der Waals surface area contributed by atoms with E-state index in [1.165, 1.54) is 62.7 Å². The SMILES string of the molecule is CCCCCCCCCCCC/C=C/C(=O)N(C)CCCS(=O)(=O)[O-].[K+]. The molecule has 0 aliphatic carbocycles. The summed E-state index contributed by atoms with van der Waals surface area (Å²) in [6, 6.07) is 0. The summed E-state index contributed by atoms with van der Waals surface area (Å²) in [5, 5.41) is 0. The van der Waals surface area contributed by atoms with Crippen molar-refractivity contribution in [1.29, 1.82) is 0 Å². The molecule has 0 aliphatic heterocycles. The van der Waals surface area contributed by atoms with E-state index in [0.29, 0.717) is 0 Å². The van der Waals surface area contributed by atoms with Crippen LogP contribution >= 0.6 is 0 Å². The van der Waals surface area contributed by atoms with Gasteiger partial charge in [0.1, 0.15) is 0 Å². The van der Waals surface area contributed by atoms with Crippen molar-refractivity contribution in [3.05, 3.63) is 12.2 Å². The Balaban J connectivity index is 0. The second-order valence-electron chi connectivity index (χ2n) is 6.75. The summed E-state index contributed by atoms with van der Waals surface area (Å²) in [6.07, 6.45) is 17.5. The zero-order valence-electron chi connectivity index (χ0n) is 17.0. The van der Waals surface area contributed by atoms with Crippen LogP contribution in [0.5, 0.6) is 0 Å². The summed E-state index contributed by atoms with van der Waals surface area (Å²) in [4.78, 5) is 13.2. The van der Waals surface area contributed by atoms with Gasteiger partial charge in [0.25, 0.3) is 0 Å². The largest absolute Gasteiger partial charge is 1.00 e. The Labute approximate surface area is 203 Å². The Morgan fingerprint density at radius 3 is 1.92 bits per heavy atom. The van der Waals surface area contributed by atoms with E-state index < -0.39 is 15.9 Å². The Morgan fingerprint density at radius 2 is 1.42 bits per heavy atom. The smallest absolute Gasteiger partial charge is 0.748 e. The molecule has 0 aromatic carbocycles. The van der Waals surface area contributed by atoms with Gasteiger partial charge < -0.3 is 9.45 Å². The molecule has 0 aromatic heterocycles. The Bertz CT molecular complexity index is 466. The van der Waals surface area contributed by atoms with Crippen molar-refractivity contribution >= 4 is 16.0 Å². The fourth-order valence-electron chi connectivity index (χ4n) is 2.65. The van der Waals surface area contributed by atoms with Gasteiger partial charge in [0.15, 0.2) is 0 Å². The quantitative estimate of drug-likeness (QED) is 0.165. The molecule has 0 bridgehead atoms. The Morgan fingerprint density at radius 1 is 0.923 bits per heavy atom. The van der Waals surface area contributed by atoms with Gasteiger partial charge in [-0.3, -0.25) is 4.79 Å². The summed E-state index contributed by atoms with van der Waals surface area (Å²) < 4.78 is 31.5. The average Bonchev–Trinajstić information content (AvgIpc) is 2.54. The molecule has 0 atom stereocenters. The van der Waals surface area contributed by atoms with E-state index in [0.717, 1.165) is 12.8 Å². The zero-order chi connectivity index (χ0) is 19.0. The van der Waals surface area contributed by atoms with Crippen LogP contribution in [0.1, 0.15) is 84.0 Å². The molecule has 0 saturated heterocycles. The summed E-state index contributed by atoms with van der Waals surface area (Å²) in [5.41, 5.74) is 0. The maximum Gasteiger partial charge on any atom is 1.00 e. The van der Waals surface area contributed by atoms with Crippen LogP contribution in [0, 0.1) is 0 Å². The molecule has 0 radical (unpaired) electrons. The van der Waals surface area contributed by atoms with Crippen LogP contribution in [-0.2, 0) is 14.9 Å². The molecular weight excluding hydrogens is 377 g/mol. The van der Waals surface area contributed by atoms with Crippen LogP contribution in [0.4, 0.5) is 0 Å². The van der Waals surface area contributed by atoms with Crippen LogP contribution in [0.3, 0.4) is 0 Å². The molecule has 0 fully saturated rings. The molecule has 0 unspecified atom stereocenters. The molecule has 7 heteroatoms. The minimum absolute atomic E-state index is 0. The molecule has 1 amide bonds. The van der Waals surface area contributed by atoms with Gasteiger partial charge in [0.05, 0.1) is 10.1 Å². The fraction of sp³-hybridized carbons (Fsp3) is 0.842. The number of carbonyl (C=O) groups is 1. The van der Waals surface area contributed by atoms with E-state index >= 15 is 0 Å². The third-order valence-electron chi connectivity index (χ3n) is 4.25. The van der Waals surface area contributed by atoms with Gasteiger partial charge in [0.2, 0.25) is 5.91 Å². The van der Waals surface area contributed by atoms with Crippen LogP contribution < -0.4 is 51.4 Å². The number of rotatable bonds is 16. The average molecular weight is 414 g/mol. The van der Waals surface area contributed by atoms with Crippen molar-refractivity contribution in [1.82, 2.24) is 4.90 Å². The number of unbranched alkanes of at least 4 members (excludes halogenated alkanes) is 10. The van der Waals surface area contributed by atoms with Crippen molar-refractivity contribution in [2.24, 2.45) is 0 Å². The van der Waals surface area contributed by atoms with E-state index in [4.69, 9.17) is 0 Å². The van der Waals surface area contributed by atoms with Gasteiger partial charge in [-0.05, 0) is 25.3 Å². The third-order valence-corrected chi connectivity index (χ3v) is 5.04. The Kier molecular flexibility index (Phi) is 21.3. The maximum atomic E-state index is 11.8. The number of likely N-dealkylation sites (N-methyl/N-ethyl adjacent to an activating group) is 1. The number of nitrogens with zero attached hydrogens (tertiary/aromatic N) is 1. The minimum atomic E-state index is -4.19. The summed E-state index contributed by atoms with van der Waals surface area (Å²) in [7, 11) is -2.58. The first-order valence-electron chi connectivity index (χ1n) is 9.72. The predicted octanol–water partition coefficient (Wildman–Crippen LogP) is 1.25. The van der Waals surface area contributed by atoms with Crippen molar-refractivity contribution in [2.45, 2.75) is 84.0 Å². The molecule has 0 saturated carbocycles. The van der Waals surface area contributed by atoms with E-state index in [9.17, 15) is 17.8 Å². The first-order chi connectivity index (χ1) is 11.9. The van der Waals surface area contributed by atoms with E-state index in [-0.39, 0.29) is 70.3 Å². The number of carbonyl (C=O) groups excluding carboxylic acids is 1. The van der Waals surface area contributed by atoms with Crippen LogP contribution in [0.2, 0.25) is 0 Å². The maximum absolute atomic E-state index is 11.8. The molecule has 0 rings (SSSR count). The number of allylic oxidation sites excluding steroid dienone is 1. The first kappa shape index (κ1) is 29.0. The van der Waals surface area contributed by atoms with Gasteiger partial charge in [-0.15, -0.1) is 0 Å². The molecule has 5 nitrogen and oxygen atoms in total. The standard InChI is InChI=1S/C19H37NO4S.K/c1-3-4-5-6-7-8-9-10-11-12-13-14-16-19(21)20(2)17-15-18-25(22,23)24;/h14,16H,3-13,15,17-18H2,1-2H3,(H,22,23,24);/q;+1/p-1/b16-14+;. The zero-order valence-corrected chi connectivity index (χ0v) is 21.0. The van der Waals surface area contributed by atoms with Gasteiger partial charge in [-0.1, -0.05) is 70.8 Å². The molecule has 0 heterocycles. The van der Waals surface area contributed by atoms with E-state index in [1.54, 1.807) is 13.1 Å². The summed E-state index contributed by atoms with van der Waals surface area (Å²) >= 11 is 0. The number of amides is 1. The topological polar surface area (TPSA) is 77.5 Å². The predicted molar refractivity (Wildman–Crippen MR) is 102 cm³/mol. The molecule has 0 spiro atoms. The van der Waals surface area contributed by atoms with Crippen LogP contribution in [0.25, 0.3) is 0 Å². The Hall–Kier alpha value is 0.756. The second-order valence-corrected chi connectivity index (χ2v) is 8.27. The van der Waals surface area contributed by atoms with Gasteiger partial charge in [-0.2, -0.15) is 0 Å². The summed E-state index contributed by atoms with van der Waals surface area (Å²) in [5.74, 6) is -0.567. The fourth-order valence-corrected chi connectivity index (χ4v) is 3.13. The monoisotopic (exact) mass is 413 g/mol. The van der Waals surface area contributed by atoms with Crippen LogP contribution in [-0.4, -0.2) is 43.1 Å². The van der Waals surface area contributed by atoms with Crippen molar-refractivity contribution < 1.29 is 69.1 Å². The number of hydrogen-bond donors (Lipinski definition) is 0. The van der Waals surface area contributed by atoms with Crippen molar-refractivity contribution in [3.8, 4) is 0 Å². The first-order valence-corrected chi connectivity index (χ1v) is 11.3. The van der Waals surface area contributed by atoms with Gasteiger partial charge in [-0.25, -0.2) is 8.42 Å². The number of hydrogen-bond acceptors (Lipinski definition) is 4. The molecule has 0 aliphatic rings. The molecular formula is C19H36KNO4S. The van der Waals surface area contributed by atoms with E-state index in [2.05, 4.69) is 6.92 Å². The molecule has 0 aromatic rings. The van der Waals surface area contributed by atoms with Crippen LogP contribution in [0.15, 0.2) is 12.2 Å². The van der Waals surface area contributed by atoms with Gasteiger partial charge >= 0.3 is 51.4 Å². The van der Waals surface area contributed by atoms with E-state index in [1.807, 2.05) is 6.08 Å². The molecule has 148 valence electrons. The normalized spacial score (nSPS) is 11.5. The third kappa shape index (κ3) is 21.1. The summed E-state index contributed by atoms with van der Waals surface area (Å²) in [6.45, 7) is 2.52. The molecule has 26 heavy (non-hydrogen) atoms.